The molecule has 0 saturated heterocycles. The van der Waals surface area contributed by atoms with E-state index < -0.39 is 0 Å². The molecule has 0 aliphatic rings. The molecule has 0 aromatic heterocycles. The molecular formula is C14H19Cl2NO. The molecule has 0 bridgehead atoms. The van der Waals surface area contributed by atoms with Gasteiger partial charge in [-0.2, -0.15) is 0 Å². The molecule has 0 saturated carbocycles. The van der Waals surface area contributed by atoms with Crippen LogP contribution in [0.4, 0.5) is 0 Å². The quantitative estimate of drug-likeness (QED) is 0.733. The number of carbonyl (C=O) groups excluding carboxylic acids is 1. The third-order valence-corrected chi connectivity index (χ3v) is 3.51. The van der Waals surface area contributed by atoms with Crippen molar-refractivity contribution in [1.82, 2.24) is 4.90 Å². The topological polar surface area (TPSA) is 20.3 Å². The first-order chi connectivity index (χ1) is 8.43. The average molecular weight is 288 g/mol. The SMILES string of the molecule is CCC(C)CN(C)CC(=O)c1ccc(Cl)cc1Cl. The highest BCUT2D eigenvalue weighted by atomic mass is 35.5. The van der Waals surface area contributed by atoms with E-state index in [4.69, 9.17) is 23.2 Å². The van der Waals surface area contributed by atoms with Gasteiger partial charge in [0, 0.05) is 17.1 Å². The van der Waals surface area contributed by atoms with Crippen LogP contribution >= 0.6 is 23.2 Å². The number of hydrogen-bond donors (Lipinski definition) is 0. The van der Waals surface area contributed by atoms with Crippen LogP contribution < -0.4 is 0 Å². The lowest BCUT2D eigenvalue weighted by molar-refractivity contribution is 0.0939. The minimum absolute atomic E-state index is 0.0301. The van der Waals surface area contributed by atoms with Crippen molar-refractivity contribution in [3.63, 3.8) is 0 Å². The molecule has 1 rings (SSSR count). The summed E-state index contributed by atoms with van der Waals surface area (Å²) in [6.45, 7) is 5.62. The van der Waals surface area contributed by atoms with E-state index in [1.54, 1.807) is 18.2 Å². The maximum atomic E-state index is 12.1. The van der Waals surface area contributed by atoms with Crippen molar-refractivity contribution in [2.45, 2.75) is 20.3 Å². The lowest BCUT2D eigenvalue weighted by atomic mass is 10.1. The molecule has 100 valence electrons. The number of rotatable bonds is 6. The molecule has 0 aliphatic heterocycles. The van der Waals surface area contributed by atoms with E-state index in [-0.39, 0.29) is 5.78 Å². The van der Waals surface area contributed by atoms with E-state index in [1.165, 1.54) is 0 Å². The summed E-state index contributed by atoms with van der Waals surface area (Å²) in [6, 6.07) is 4.98. The van der Waals surface area contributed by atoms with Gasteiger partial charge in [0.25, 0.3) is 0 Å². The summed E-state index contributed by atoms with van der Waals surface area (Å²) in [4.78, 5) is 14.1. The molecule has 0 spiro atoms. The highest BCUT2D eigenvalue weighted by Gasteiger charge is 2.14. The summed E-state index contributed by atoms with van der Waals surface area (Å²) in [5, 5.41) is 0.967. The summed E-state index contributed by atoms with van der Waals surface area (Å²) in [6.07, 6.45) is 1.11. The van der Waals surface area contributed by atoms with Crippen LogP contribution in [0, 0.1) is 5.92 Å². The Morgan fingerprint density at radius 2 is 2.06 bits per heavy atom. The Morgan fingerprint density at radius 1 is 1.39 bits per heavy atom. The van der Waals surface area contributed by atoms with Gasteiger partial charge in [-0.05, 0) is 31.2 Å². The zero-order valence-electron chi connectivity index (χ0n) is 11.0. The Balaban J connectivity index is 2.65. The van der Waals surface area contributed by atoms with Crippen molar-refractivity contribution in [3.8, 4) is 0 Å². The molecule has 2 nitrogen and oxygen atoms in total. The number of likely N-dealkylation sites (N-methyl/N-ethyl adjacent to an activating group) is 1. The maximum Gasteiger partial charge on any atom is 0.178 e. The first-order valence-corrected chi connectivity index (χ1v) is 6.86. The van der Waals surface area contributed by atoms with E-state index in [0.29, 0.717) is 28.1 Å². The van der Waals surface area contributed by atoms with Gasteiger partial charge in [0.05, 0.1) is 11.6 Å². The second-order valence-corrected chi connectivity index (χ2v) is 5.60. The van der Waals surface area contributed by atoms with Crippen molar-refractivity contribution in [2.75, 3.05) is 20.1 Å². The second kappa shape index (κ2) is 7.13. The zero-order valence-corrected chi connectivity index (χ0v) is 12.6. The van der Waals surface area contributed by atoms with Crippen molar-refractivity contribution in [3.05, 3.63) is 33.8 Å². The standard InChI is InChI=1S/C14H19Cl2NO/c1-4-10(2)8-17(3)9-14(18)12-6-5-11(15)7-13(12)16/h5-7,10H,4,8-9H2,1-3H3. The van der Waals surface area contributed by atoms with Crippen LogP contribution in [0.2, 0.25) is 10.0 Å². The van der Waals surface area contributed by atoms with Crippen molar-refractivity contribution >= 4 is 29.0 Å². The Hall–Kier alpha value is -0.570. The molecule has 1 unspecified atom stereocenters. The number of ketones is 1. The summed E-state index contributed by atoms with van der Waals surface area (Å²) in [7, 11) is 1.95. The van der Waals surface area contributed by atoms with Crippen LogP contribution in [0.1, 0.15) is 30.6 Å². The molecule has 1 atom stereocenters. The summed E-state index contributed by atoms with van der Waals surface area (Å²) in [5.41, 5.74) is 0.539. The number of carbonyl (C=O) groups is 1. The van der Waals surface area contributed by atoms with Crippen molar-refractivity contribution in [2.24, 2.45) is 5.92 Å². The number of halogens is 2. The van der Waals surface area contributed by atoms with E-state index in [0.717, 1.165) is 13.0 Å². The predicted molar refractivity (Wildman–Crippen MR) is 77.7 cm³/mol. The fourth-order valence-electron chi connectivity index (χ4n) is 1.77. The van der Waals surface area contributed by atoms with Crippen molar-refractivity contribution < 1.29 is 4.79 Å². The molecule has 18 heavy (non-hydrogen) atoms. The molecule has 0 fully saturated rings. The van der Waals surface area contributed by atoms with Crippen LogP contribution in [0.5, 0.6) is 0 Å². The fraction of sp³-hybridized carbons (Fsp3) is 0.500. The lowest BCUT2D eigenvalue weighted by Gasteiger charge is -2.19. The summed E-state index contributed by atoms with van der Waals surface area (Å²) < 4.78 is 0. The Kier molecular flexibility index (Phi) is 6.13. The summed E-state index contributed by atoms with van der Waals surface area (Å²) in [5.74, 6) is 0.617. The van der Waals surface area contributed by atoms with Gasteiger partial charge in [-0.15, -0.1) is 0 Å². The van der Waals surface area contributed by atoms with E-state index in [1.807, 2.05) is 11.9 Å². The number of hydrogen-bond acceptors (Lipinski definition) is 2. The monoisotopic (exact) mass is 287 g/mol. The summed E-state index contributed by atoms with van der Waals surface area (Å²) >= 11 is 11.8. The van der Waals surface area contributed by atoms with Gasteiger partial charge >= 0.3 is 0 Å². The third kappa shape index (κ3) is 4.60. The second-order valence-electron chi connectivity index (χ2n) is 4.76. The zero-order chi connectivity index (χ0) is 13.7. The molecule has 4 heteroatoms. The van der Waals surface area contributed by atoms with Crippen LogP contribution in [-0.2, 0) is 0 Å². The van der Waals surface area contributed by atoms with Crippen LogP contribution in [-0.4, -0.2) is 30.8 Å². The lowest BCUT2D eigenvalue weighted by Crippen LogP contribution is -2.30. The van der Waals surface area contributed by atoms with E-state index >= 15 is 0 Å². The van der Waals surface area contributed by atoms with Crippen molar-refractivity contribution in [1.29, 1.82) is 0 Å². The minimum Gasteiger partial charge on any atom is -0.299 e. The van der Waals surface area contributed by atoms with Crippen LogP contribution in [0.15, 0.2) is 18.2 Å². The highest BCUT2D eigenvalue weighted by molar-refractivity contribution is 6.36. The molecule has 0 radical (unpaired) electrons. The van der Waals surface area contributed by atoms with Gasteiger partial charge in [-0.25, -0.2) is 0 Å². The smallest absolute Gasteiger partial charge is 0.178 e. The minimum atomic E-state index is 0.0301. The number of Topliss-reactive ketones (excluding diaryl/α,β-unsaturated/α-hetero) is 1. The number of benzene rings is 1. The molecular weight excluding hydrogens is 269 g/mol. The fourth-order valence-corrected chi connectivity index (χ4v) is 2.29. The Morgan fingerprint density at radius 3 is 2.61 bits per heavy atom. The average Bonchev–Trinajstić information content (AvgIpc) is 2.28. The van der Waals surface area contributed by atoms with Gasteiger partial charge in [0.15, 0.2) is 5.78 Å². The molecule has 0 heterocycles. The third-order valence-electron chi connectivity index (χ3n) is 2.97. The number of nitrogens with zero attached hydrogens (tertiary/aromatic N) is 1. The molecule has 0 aliphatic carbocycles. The van der Waals surface area contributed by atoms with Gasteiger partial charge in [-0.3, -0.25) is 9.69 Å². The van der Waals surface area contributed by atoms with Gasteiger partial charge < -0.3 is 0 Å². The van der Waals surface area contributed by atoms with Gasteiger partial charge in [0.1, 0.15) is 0 Å². The van der Waals surface area contributed by atoms with Gasteiger partial charge in [-0.1, -0.05) is 43.5 Å². The normalized spacial score (nSPS) is 12.8. The predicted octanol–water partition coefficient (Wildman–Crippen LogP) is 4.15. The Labute approximate surface area is 119 Å². The molecule has 0 N–H and O–H groups in total. The van der Waals surface area contributed by atoms with E-state index in [2.05, 4.69) is 13.8 Å². The highest BCUT2D eigenvalue weighted by Crippen LogP contribution is 2.21. The maximum absolute atomic E-state index is 12.1. The first kappa shape index (κ1) is 15.5. The van der Waals surface area contributed by atoms with E-state index in [9.17, 15) is 4.79 Å². The van der Waals surface area contributed by atoms with Crippen LogP contribution in [0.25, 0.3) is 0 Å². The molecule has 1 aromatic carbocycles. The van der Waals surface area contributed by atoms with Crippen LogP contribution in [0.3, 0.4) is 0 Å². The molecule has 0 amide bonds. The Bertz CT molecular complexity index is 420. The first-order valence-electron chi connectivity index (χ1n) is 6.10. The molecule has 1 aromatic rings. The largest absolute Gasteiger partial charge is 0.299 e. The van der Waals surface area contributed by atoms with Gasteiger partial charge in [0.2, 0.25) is 0 Å².